The third-order valence-corrected chi connectivity index (χ3v) is 14.9. The molecule has 0 nitrogen and oxygen atoms in total. The second-order valence-electron chi connectivity index (χ2n) is 15.9. The fourth-order valence-corrected chi connectivity index (χ4v) is 12.3. The van der Waals surface area contributed by atoms with Gasteiger partial charge in [-0.1, -0.05) is 176 Å². The maximum atomic E-state index is 4.10. The molecule has 0 spiro atoms. The van der Waals surface area contributed by atoms with Crippen LogP contribution in [0.1, 0.15) is 11.1 Å². The number of hydrogen-bond donors (Lipinski definition) is 0. The van der Waals surface area contributed by atoms with E-state index in [1.54, 1.807) is 0 Å². The van der Waals surface area contributed by atoms with Crippen LogP contribution in [0, 0.1) is 6.92 Å². The molecule has 61 heavy (non-hydrogen) atoms. The van der Waals surface area contributed by atoms with Gasteiger partial charge in [0.25, 0.3) is 0 Å². The van der Waals surface area contributed by atoms with Gasteiger partial charge >= 0.3 is 0 Å². The minimum atomic E-state index is 1.23. The van der Waals surface area contributed by atoms with Crippen LogP contribution >= 0.6 is 22.7 Å². The van der Waals surface area contributed by atoms with Crippen LogP contribution in [0.4, 0.5) is 0 Å². The lowest BCUT2D eigenvalue weighted by Crippen LogP contribution is -1.96. The number of allylic oxidation sites excluding steroid dienone is 2. The zero-order chi connectivity index (χ0) is 40.6. The monoisotopic (exact) mass is 810 g/mol. The molecule has 0 bridgehead atoms. The molecule has 286 valence electrons. The van der Waals surface area contributed by atoms with Gasteiger partial charge in [-0.3, -0.25) is 0 Å². The molecule has 0 saturated heterocycles. The molecule has 10 aromatic carbocycles. The Labute approximate surface area is 362 Å². The summed E-state index contributed by atoms with van der Waals surface area (Å²) >= 11 is 3.76. The van der Waals surface area contributed by atoms with Gasteiger partial charge in [-0.05, 0) is 125 Å². The molecule has 0 fully saturated rings. The van der Waals surface area contributed by atoms with Gasteiger partial charge in [-0.25, -0.2) is 0 Å². The summed E-state index contributed by atoms with van der Waals surface area (Å²) in [4.78, 5) is 0. The predicted octanol–water partition coefficient (Wildman–Crippen LogP) is 18.1. The van der Waals surface area contributed by atoms with E-state index in [9.17, 15) is 0 Å². The van der Waals surface area contributed by atoms with E-state index in [-0.39, 0.29) is 0 Å². The minimum absolute atomic E-state index is 1.23. The Morgan fingerprint density at radius 1 is 0.377 bits per heavy atom. The lowest BCUT2D eigenvalue weighted by atomic mass is 9.82. The highest BCUT2D eigenvalue weighted by molar-refractivity contribution is 7.26. The van der Waals surface area contributed by atoms with E-state index >= 15 is 0 Å². The summed E-state index contributed by atoms with van der Waals surface area (Å²) in [5.74, 6) is 0. The largest absolute Gasteiger partial charge is 0.135 e. The number of thiophene rings is 2. The van der Waals surface area contributed by atoms with Crippen molar-refractivity contribution in [3.05, 3.63) is 212 Å². The topological polar surface area (TPSA) is 0 Å². The Hall–Kier alpha value is -7.10. The summed E-state index contributed by atoms with van der Waals surface area (Å²) in [7, 11) is 0. The van der Waals surface area contributed by atoms with Gasteiger partial charge in [0.15, 0.2) is 0 Å². The van der Waals surface area contributed by atoms with Crippen LogP contribution in [0.3, 0.4) is 0 Å². The number of fused-ring (bicyclic) bond motifs is 9. The Balaban J connectivity index is 1.09. The first-order valence-electron chi connectivity index (χ1n) is 20.9. The molecule has 0 saturated carbocycles. The van der Waals surface area contributed by atoms with Crippen LogP contribution in [0.2, 0.25) is 0 Å². The van der Waals surface area contributed by atoms with Crippen LogP contribution in [0.5, 0.6) is 0 Å². The SMILES string of the molecule is C=C/C=C\c1c(C)c(-c2ccc3sc4ccccc4c3c2)c2ccccc2c1-c1cccc2sc3cc(-c4c5ccccc5c(-c5ccccc5)c5ccccc45)ccc3c12. The summed E-state index contributed by atoms with van der Waals surface area (Å²) in [5.41, 5.74) is 12.6. The van der Waals surface area contributed by atoms with Crippen molar-refractivity contribution < 1.29 is 0 Å². The van der Waals surface area contributed by atoms with E-state index in [1.165, 1.54) is 128 Å². The summed E-state index contributed by atoms with van der Waals surface area (Å²) < 4.78 is 5.22. The van der Waals surface area contributed by atoms with Crippen molar-refractivity contribution in [2.45, 2.75) is 6.92 Å². The molecule has 2 heterocycles. The molecule has 0 radical (unpaired) electrons. The Morgan fingerprint density at radius 2 is 0.902 bits per heavy atom. The van der Waals surface area contributed by atoms with Crippen molar-refractivity contribution in [3.8, 4) is 44.5 Å². The average molecular weight is 811 g/mol. The quantitative estimate of drug-likeness (QED) is 0.116. The number of rotatable bonds is 6. The first-order valence-corrected chi connectivity index (χ1v) is 22.5. The molecule has 0 aliphatic heterocycles. The standard InChI is InChI=1S/C59H38S2/c1-3-4-19-40-36(2)55(38-31-33-52-50(34-38)41-20-14-15-28-51(41)60-52)42-21-8-13-26-47(42)58(40)49-27-16-29-53-59(49)48-32-30-39(35-54(48)61-53)57-45-24-11-9-22-43(45)56(37-17-6-5-7-18-37)44-23-10-12-25-46(44)57/h3-35H,1H2,2H3/b19-4-. The summed E-state index contributed by atoms with van der Waals surface area (Å²) in [5, 5.41) is 12.8. The zero-order valence-corrected chi connectivity index (χ0v) is 35.2. The summed E-state index contributed by atoms with van der Waals surface area (Å²) in [6, 6.07) is 67.6. The fourth-order valence-electron chi connectivity index (χ4n) is 10.0. The smallest absolute Gasteiger partial charge is 0.0361 e. The lowest BCUT2D eigenvalue weighted by molar-refractivity contribution is 1.46. The molecule has 0 amide bonds. The number of benzene rings is 10. The van der Waals surface area contributed by atoms with E-state index in [4.69, 9.17) is 0 Å². The van der Waals surface area contributed by atoms with Gasteiger partial charge in [0.1, 0.15) is 0 Å². The van der Waals surface area contributed by atoms with Crippen molar-refractivity contribution in [3.63, 3.8) is 0 Å². The van der Waals surface area contributed by atoms with Crippen LogP contribution in [-0.2, 0) is 0 Å². The van der Waals surface area contributed by atoms with E-state index in [1.807, 2.05) is 28.7 Å². The highest BCUT2D eigenvalue weighted by Crippen LogP contribution is 2.50. The molecular formula is C59H38S2. The summed E-state index contributed by atoms with van der Waals surface area (Å²) in [6.07, 6.45) is 6.26. The Bertz CT molecular complexity index is 3720. The highest BCUT2D eigenvalue weighted by atomic mass is 32.1. The molecule has 0 atom stereocenters. The van der Waals surface area contributed by atoms with E-state index in [0.717, 1.165) is 0 Å². The van der Waals surface area contributed by atoms with Crippen LogP contribution in [0.25, 0.3) is 123 Å². The van der Waals surface area contributed by atoms with Crippen LogP contribution in [-0.4, -0.2) is 0 Å². The van der Waals surface area contributed by atoms with Gasteiger partial charge in [0, 0.05) is 40.3 Å². The molecule has 0 unspecified atom stereocenters. The maximum Gasteiger partial charge on any atom is 0.0361 e. The predicted molar refractivity (Wildman–Crippen MR) is 270 cm³/mol. The minimum Gasteiger partial charge on any atom is -0.135 e. The maximum absolute atomic E-state index is 4.10. The molecule has 2 aromatic heterocycles. The third kappa shape index (κ3) is 5.57. The molecule has 12 aromatic rings. The van der Waals surface area contributed by atoms with E-state index in [0.29, 0.717) is 0 Å². The normalized spacial score (nSPS) is 12.0. The zero-order valence-electron chi connectivity index (χ0n) is 33.6. The fraction of sp³-hybridized carbons (Fsp3) is 0.0169. The van der Waals surface area contributed by atoms with E-state index < -0.39 is 0 Å². The highest BCUT2D eigenvalue weighted by Gasteiger charge is 2.23. The van der Waals surface area contributed by atoms with Crippen molar-refractivity contribution in [2.24, 2.45) is 0 Å². The van der Waals surface area contributed by atoms with Gasteiger partial charge in [0.05, 0.1) is 0 Å². The van der Waals surface area contributed by atoms with Crippen molar-refractivity contribution in [2.75, 3.05) is 0 Å². The van der Waals surface area contributed by atoms with Gasteiger partial charge in [-0.15, -0.1) is 22.7 Å². The van der Waals surface area contributed by atoms with Crippen molar-refractivity contribution in [1.82, 2.24) is 0 Å². The van der Waals surface area contributed by atoms with Crippen LogP contribution in [0.15, 0.2) is 201 Å². The Kier molecular flexibility index (Phi) is 8.38. The first kappa shape index (κ1) is 35.8. The van der Waals surface area contributed by atoms with Crippen molar-refractivity contribution >= 4 is 101 Å². The molecule has 2 heteroatoms. The second kappa shape index (κ2) is 14.3. The molecule has 0 aliphatic rings. The van der Waals surface area contributed by atoms with Gasteiger partial charge in [0.2, 0.25) is 0 Å². The molecule has 0 N–H and O–H groups in total. The first-order chi connectivity index (χ1) is 30.2. The average Bonchev–Trinajstić information content (AvgIpc) is 3.88. The van der Waals surface area contributed by atoms with Crippen molar-refractivity contribution in [1.29, 1.82) is 0 Å². The van der Waals surface area contributed by atoms with Gasteiger partial charge in [-0.2, -0.15) is 0 Å². The second-order valence-corrected chi connectivity index (χ2v) is 18.1. The van der Waals surface area contributed by atoms with Gasteiger partial charge < -0.3 is 0 Å². The van der Waals surface area contributed by atoms with E-state index in [2.05, 4.69) is 208 Å². The third-order valence-electron chi connectivity index (χ3n) is 12.6. The molecule has 0 aliphatic carbocycles. The lowest BCUT2D eigenvalue weighted by Gasteiger charge is -2.21. The Morgan fingerprint density at radius 3 is 1.59 bits per heavy atom. The number of hydrogen-bond acceptors (Lipinski definition) is 2. The molecular weight excluding hydrogens is 773 g/mol. The van der Waals surface area contributed by atoms with Crippen LogP contribution < -0.4 is 0 Å². The molecule has 12 rings (SSSR count). The summed E-state index contributed by atoms with van der Waals surface area (Å²) in [6.45, 7) is 6.40.